The Morgan fingerprint density at radius 1 is 1.17 bits per heavy atom. The van der Waals surface area contributed by atoms with Gasteiger partial charge in [-0.25, -0.2) is 9.97 Å². The largest absolute Gasteiger partial charge is 0.339 e. The molecule has 3 aromatic rings. The molecule has 0 radical (unpaired) electrons. The highest BCUT2D eigenvalue weighted by atomic mass is 16.2. The van der Waals surface area contributed by atoms with E-state index < -0.39 is 0 Å². The van der Waals surface area contributed by atoms with Crippen molar-refractivity contribution < 1.29 is 4.79 Å². The fourth-order valence-corrected chi connectivity index (χ4v) is 3.77. The van der Waals surface area contributed by atoms with Crippen molar-refractivity contribution in [2.24, 2.45) is 13.0 Å². The lowest BCUT2D eigenvalue weighted by atomic mass is 9.93. The molecule has 1 N–H and O–H groups in total. The van der Waals surface area contributed by atoms with Crippen LogP contribution in [0.25, 0.3) is 6.08 Å². The molecule has 7 nitrogen and oxygen atoms in total. The normalized spacial score (nSPS) is 16.7. The van der Waals surface area contributed by atoms with Crippen molar-refractivity contribution in [3.63, 3.8) is 0 Å². The van der Waals surface area contributed by atoms with Crippen molar-refractivity contribution in [3.8, 4) is 0 Å². The highest BCUT2D eigenvalue weighted by Gasteiger charge is 2.23. The number of anilines is 2. The average Bonchev–Trinajstić information content (AvgIpc) is 3.18. The van der Waals surface area contributed by atoms with Crippen LogP contribution < -0.4 is 5.32 Å². The SMILES string of the molecule is Cn1nccc1/C=C/C(=O)N1CCC[C@@H](Cc2cccc(Nc3ccccn3)n2)C1. The van der Waals surface area contributed by atoms with E-state index in [0.29, 0.717) is 5.92 Å². The number of nitrogens with one attached hydrogen (secondary N) is 1. The minimum Gasteiger partial charge on any atom is -0.339 e. The third-order valence-corrected chi connectivity index (χ3v) is 5.31. The van der Waals surface area contributed by atoms with Crippen LogP contribution in [-0.2, 0) is 18.3 Å². The van der Waals surface area contributed by atoms with Crippen molar-refractivity contribution in [2.45, 2.75) is 19.3 Å². The minimum atomic E-state index is 0.0550. The monoisotopic (exact) mass is 402 g/mol. The molecule has 1 aliphatic rings. The Kier molecular flexibility index (Phi) is 6.17. The number of carbonyl (C=O) groups is 1. The predicted molar refractivity (Wildman–Crippen MR) is 117 cm³/mol. The van der Waals surface area contributed by atoms with E-state index in [-0.39, 0.29) is 5.91 Å². The summed E-state index contributed by atoms with van der Waals surface area (Å²) in [6, 6.07) is 13.6. The number of amides is 1. The highest BCUT2D eigenvalue weighted by Crippen LogP contribution is 2.22. The van der Waals surface area contributed by atoms with Gasteiger partial charge in [0.1, 0.15) is 11.6 Å². The Bertz CT molecular complexity index is 1010. The van der Waals surface area contributed by atoms with Gasteiger partial charge in [0.2, 0.25) is 5.91 Å². The average molecular weight is 403 g/mol. The number of hydrogen-bond acceptors (Lipinski definition) is 5. The number of aryl methyl sites for hydroxylation is 1. The maximum Gasteiger partial charge on any atom is 0.246 e. The number of hydrogen-bond donors (Lipinski definition) is 1. The second-order valence-electron chi connectivity index (χ2n) is 7.56. The molecule has 1 aliphatic heterocycles. The molecule has 1 saturated heterocycles. The molecule has 154 valence electrons. The number of carbonyl (C=O) groups excluding carboxylic acids is 1. The molecule has 0 bridgehead atoms. The zero-order valence-electron chi connectivity index (χ0n) is 17.1. The van der Waals surface area contributed by atoms with Gasteiger partial charge in [0, 0.05) is 44.3 Å². The van der Waals surface area contributed by atoms with E-state index in [1.165, 1.54) is 0 Å². The number of aromatic nitrogens is 4. The third kappa shape index (κ3) is 5.11. The molecule has 1 atom stereocenters. The summed E-state index contributed by atoms with van der Waals surface area (Å²) >= 11 is 0. The van der Waals surface area contributed by atoms with E-state index in [0.717, 1.165) is 55.4 Å². The van der Waals surface area contributed by atoms with Crippen molar-refractivity contribution in [1.82, 2.24) is 24.6 Å². The molecule has 1 amide bonds. The highest BCUT2D eigenvalue weighted by molar-refractivity contribution is 5.91. The molecule has 0 aromatic carbocycles. The summed E-state index contributed by atoms with van der Waals surface area (Å²) in [6.07, 6.45) is 9.93. The van der Waals surface area contributed by atoms with E-state index in [9.17, 15) is 4.79 Å². The maximum absolute atomic E-state index is 12.6. The fourth-order valence-electron chi connectivity index (χ4n) is 3.77. The summed E-state index contributed by atoms with van der Waals surface area (Å²) < 4.78 is 1.75. The number of likely N-dealkylation sites (tertiary alicyclic amines) is 1. The fraction of sp³-hybridized carbons (Fsp3) is 0.304. The Morgan fingerprint density at radius 3 is 2.87 bits per heavy atom. The van der Waals surface area contributed by atoms with E-state index in [1.807, 2.05) is 60.5 Å². The van der Waals surface area contributed by atoms with Crippen LogP contribution in [0.2, 0.25) is 0 Å². The molecule has 4 rings (SSSR count). The lowest BCUT2D eigenvalue weighted by Crippen LogP contribution is -2.39. The van der Waals surface area contributed by atoms with Crippen LogP contribution in [0.5, 0.6) is 0 Å². The first-order chi connectivity index (χ1) is 14.7. The van der Waals surface area contributed by atoms with Crippen molar-refractivity contribution in [1.29, 1.82) is 0 Å². The third-order valence-electron chi connectivity index (χ3n) is 5.31. The minimum absolute atomic E-state index is 0.0550. The molecular weight excluding hydrogens is 376 g/mol. The summed E-state index contributed by atoms with van der Waals surface area (Å²) in [5, 5.41) is 7.36. The quantitative estimate of drug-likeness (QED) is 0.639. The van der Waals surface area contributed by atoms with Crippen LogP contribution in [-0.4, -0.2) is 43.6 Å². The predicted octanol–water partition coefficient (Wildman–Crippen LogP) is 3.45. The van der Waals surface area contributed by atoms with Gasteiger partial charge in [0.25, 0.3) is 0 Å². The Hall–Kier alpha value is -3.48. The topological polar surface area (TPSA) is 75.9 Å². The molecule has 30 heavy (non-hydrogen) atoms. The first-order valence-corrected chi connectivity index (χ1v) is 10.3. The molecule has 3 aromatic heterocycles. The van der Waals surface area contributed by atoms with Crippen molar-refractivity contribution in [3.05, 3.63) is 72.3 Å². The summed E-state index contributed by atoms with van der Waals surface area (Å²) in [5.41, 5.74) is 1.94. The molecule has 7 heteroatoms. The molecule has 1 fully saturated rings. The molecular formula is C23H26N6O. The van der Waals surface area contributed by atoms with E-state index in [4.69, 9.17) is 4.98 Å². The standard InChI is InChI=1S/C23H26N6O/c1-28-20(12-14-25-28)10-11-23(30)29-15-5-6-18(17-29)16-19-7-4-9-22(26-19)27-21-8-2-3-13-24-21/h2-4,7-14,18H,5-6,15-17H2,1H3,(H,24,26,27)/b11-10+/t18-/m0/s1. The van der Waals surface area contributed by atoms with Crippen LogP contribution in [0.3, 0.4) is 0 Å². The summed E-state index contributed by atoms with van der Waals surface area (Å²) in [7, 11) is 1.87. The zero-order valence-corrected chi connectivity index (χ0v) is 17.1. The summed E-state index contributed by atoms with van der Waals surface area (Å²) in [4.78, 5) is 23.6. The molecule has 4 heterocycles. The van der Waals surface area contributed by atoms with Crippen molar-refractivity contribution in [2.75, 3.05) is 18.4 Å². The number of pyridine rings is 2. The van der Waals surface area contributed by atoms with Gasteiger partial charge in [0.15, 0.2) is 0 Å². The lowest BCUT2D eigenvalue weighted by Gasteiger charge is -2.32. The summed E-state index contributed by atoms with van der Waals surface area (Å²) in [6.45, 7) is 1.56. The second kappa shape index (κ2) is 9.35. The van der Waals surface area contributed by atoms with Gasteiger partial charge in [0.05, 0.1) is 5.69 Å². The van der Waals surface area contributed by atoms with Gasteiger partial charge in [-0.3, -0.25) is 9.48 Å². The molecule has 0 saturated carbocycles. The Balaban J connectivity index is 1.36. The number of rotatable bonds is 6. The molecule has 0 spiro atoms. The second-order valence-corrected chi connectivity index (χ2v) is 7.56. The van der Waals surface area contributed by atoms with E-state index in [2.05, 4.69) is 15.4 Å². The first-order valence-electron chi connectivity index (χ1n) is 10.3. The van der Waals surface area contributed by atoms with E-state index in [1.54, 1.807) is 23.2 Å². The van der Waals surface area contributed by atoms with Gasteiger partial charge in [-0.1, -0.05) is 12.1 Å². The van der Waals surface area contributed by atoms with E-state index >= 15 is 0 Å². The molecule has 0 unspecified atom stereocenters. The first kappa shape index (κ1) is 19.8. The van der Waals surface area contributed by atoms with Gasteiger partial charge in [-0.15, -0.1) is 0 Å². The number of nitrogens with zero attached hydrogens (tertiary/aromatic N) is 5. The van der Waals surface area contributed by atoms with Gasteiger partial charge < -0.3 is 10.2 Å². The maximum atomic E-state index is 12.6. The summed E-state index contributed by atoms with van der Waals surface area (Å²) in [5.74, 6) is 2.02. The van der Waals surface area contributed by atoms with Crippen LogP contribution in [0.4, 0.5) is 11.6 Å². The van der Waals surface area contributed by atoms with Crippen LogP contribution in [0.1, 0.15) is 24.2 Å². The Morgan fingerprint density at radius 2 is 2.07 bits per heavy atom. The smallest absolute Gasteiger partial charge is 0.246 e. The van der Waals surface area contributed by atoms with Gasteiger partial charge >= 0.3 is 0 Å². The van der Waals surface area contributed by atoms with Crippen LogP contribution in [0, 0.1) is 5.92 Å². The van der Waals surface area contributed by atoms with Gasteiger partial charge in [-0.05, 0) is 61.6 Å². The zero-order chi connectivity index (χ0) is 20.8. The van der Waals surface area contributed by atoms with Crippen LogP contribution in [0.15, 0.2) is 60.9 Å². The van der Waals surface area contributed by atoms with Crippen molar-refractivity contribution >= 4 is 23.6 Å². The van der Waals surface area contributed by atoms with Gasteiger partial charge in [-0.2, -0.15) is 5.10 Å². The number of piperidine rings is 1. The lowest BCUT2D eigenvalue weighted by molar-refractivity contribution is -0.127. The Labute approximate surface area is 176 Å². The van der Waals surface area contributed by atoms with Crippen LogP contribution >= 0.6 is 0 Å². The molecule has 0 aliphatic carbocycles.